The summed E-state index contributed by atoms with van der Waals surface area (Å²) in [6.07, 6.45) is 1.42. The predicted molar refractivity (Wildman–Crippen MR) is 58.6 cm³/mol. The van der Waals surface area contributed by atoms with Crippen LogP contribution in [0, 0.1) is 0 Å². The van der Waals surface area contributed by atoms with E-state index < -0.39 is 0 Å². The van der Waals surface area contributed by atoms with E-state index in [0.717, 1.165) is 6.54 Å². The summed E-state index contributed by atoms with van der Waals surface area (Å²) in [6.45, 7) is 6.60. The van der Waals surface area contributed by atoms with Crippen molar-refractivity contribution in [1.29, 1.82) is 0 Å². The molecule has 2 rings (SSSR count). The van der Waals surface area contributed by atoms with E-state index in [9.17, 15) is 4.79 Å². The van der Waals surface area contributed by atoms with Gasteiger partial charge in [0.15, 0.2) is 0 Å². The molecule has 0 aromatic carbocycles. The van der Waals surface area contributed by atoms with Crippen molar-refractivity contribution in [2.45, 2.75) is 25.9 Å². The first-order valence-electron chi connectivity index (χ1n) is 5.67. The summed E-state index contributed by atoms with van der Waals surface area (Å²) in [5, 5.41) is 3.33. The molecule has 2 heterocycles. The lowest BCUT2D eigenvalue weighted by atomic mass is 10.1. The van der Waals surface area contributed by atoms with Crippen LogP contribution in [0.5, 0.6) is 0 Å². The predicted octanol–water partition coefficient (Wildman–Crippen LogP) is 0.0834. The highest BCUT2D eigenvalue weighted by Gasteiger charge is 2.30. The van der Waals surface area contributed by atoms with Crippen LogP contribution in [0.2, 0.25) is 0 Å². The minimum atomic E-state index is -0.0689. The van der Waals surface area contributed by atoms with Crippen molar-refractivity contribution in [3.05, 3.63) is 12.0 Å². The largest absolute Gasteiger partial charge is 0.494 e. The maximum atomic E-state index is 12.1. The molecular weight excluding hydrogens is 208 g/mol. The van der Waals surface area contributed by atoms with E-state index in [2.05, 4.69) is 12.2 Å². The average molecular weight is 226 g/mol. The van der Waals surface area contributed by atoms with Crippen LogP contribution in [-0.4, -0.2) is 49.2 Å². The van der Waals surface area contributed by atoms with Crippen LogP contribution in [0.4, 0.5) is 0 Å². The molecule has 0 spiro atoms. The van der Waals surface area contributed by atoms with Gasteiger partial charge in [0.05, 0.1) is 0 Å². The third kappa shape index (κ3) is 2.29. The minimum absolute atomic E-state index is 0.0689. The molecular formula is C11H18N2O3. The first kappa shape index (κ1) is 11.3. The third-order valence-electron chi connectivity index (χ3n) is 2.89. The van der Waals surface area contributed by atoms with Crippen LogP contribution in [0.15, 0.2) is 12.0 Å². The third-order valence-corrected chi connectivity index (χ3v) is 2.89. The zero-order chi connectivity index (χ0) is 11.5. The lowest BCUT2D eigenvalue weighted by molar-refractivity contribution is -0.135. The van der Waals surface area contributed by atoms with E-state index in [1.807, 2.05) is 11.8 Å². The number of ether oxygens (including phenoxy) is 2. The van der Waals surface area contributed by atoms with E-state index in [1.165, 1.54) is 6.26 Å². The fourth-order valence-corrected chi connectivity index (χ4v) is 1.93. The molecule has 2 atom stereocenters. The molecule has 5 nitrogen and oxygen atoms in total. The Morgan fingerprint density at radius 1 is 1.50 bits per heavy atom. The number of hydrogen-bond donors (Lipinski definition) is 1. The topological polar surface area (TPSA) is 50.8 Å². The number of carbonyl (C=O) groups excluding carboxylic acids is 1. The van der Waals surface area contributed by atoms with Crippen molar-refractivity contribution in [2.24, 2.45) is 0 Å². The molecule has 0 saturated carbocycles. The Kier molecular flexibility index (Phi) is 3.33. The second-order valence-electron chi connectivity index (χ2n) is 4.32. The van der Waals surface area contributed by atoms with Crippen molar-refractivity contribution < 1.29 is 14.3 Å². The number of hydrogen-bond acceptors (Lipinski definition) is 4. The normalized spacial score (nSPS) is 30.1. The number of piperazine rings is 1. The van der Waals surface area contributed by atoms with Crippen LogP contribution >= 0.6 is 0 Å². The average Bonchev–Trinajstić information content (AvgIpc) is 2.32. The Hall–Kier alpha value is -1.23. The van der Waals surface area contributed by atoms with E-state index in [0.29, 0.717) is 31.6 Å². The Labute approximate surface area is 95.4 Å². The van der Waals surface area contributed by atoms with Gasteiger partial charge >= 0.3 is 0 Å². The van der Waals surface area contributed by atoms with Crippen molar-refractivity contribution in [3.8, 4) is 0 Å². The molecule has 2 aliphatic heterocycles. The van der Waals surface area contributed by atoms with Gasteiger partial charge in [0.25, 0.3) is 5.91 Å². The van der Waals surface area contributed by atoms with Gasteiger partial charge in [0.1, 0.15) is 19.5 Å². The SMILES string of the molecule is CC1CN(C(=O)C2=COCCO2)C(C)CN1. The van der Waals surface area contributed by atoms with Gasteiger partial charge in [-0.25, -0.2) is 0 Å². The van der Waals surface area contributed by atoms with Gasteiger partial charge in [-0.15, -0.1) is 0 Å². The molecule has 16 heavy (non-hydrogen) atoms. The molecule has 1 saturated heterocycles. The second-order valence-corrected chi connectivity index (χ2v) is 4.32. The highest BCUT2D eigenvalue weighted by molar-refractivity contribution is 5.91. The first-order chi connectivity index (χ1) is 7.68. The molecule has 2 unspecified atom stereocenters. The fraction of sp³-hybridized carbons (Fsp3) is 0.727. The Morgan fingerprint density at radius 2 is 2.31 bits per heavy atom. The molecule has 5 heteroatoms. The second kappa shape index (κ2) is 4.74. The van der Waals surface area contributed by atoms with E-state index in [4.69, 9.17) is 9.47 Å². The van der Waals surface area contributed by atoms with Crippen LogP contribution < -0.4 is 5.32 Å². The number of nitrogens with zero attached hydrogens (tertiary/aromatic N) is 1. The van der Waals surface area contributed by atoms with Crippen molar-refractivity contribution in [1.82, 2.24) is 10.2 Å². The van der Waals surface area contributed by atoms with Crippen molar-refractivity contribution in [2.75, 3.05) is 26.3 Å². The zero-order valence-corrected chi connectivity index (χ0v) is 9.73. The Balaban J connectivity index is 2.04. The van der Waals surface area contributed by atoms with Crippen LogP contribution in [-0.2, 0) is 14.3 Å². The molecule has 0 aliphatic carbocycles. The Bertz CT molecular complexity index is 304. The molecule has 90 valence electrons. The summed E-state index contributed by atoms with van der Waals surface area (Å²) >= 11 is 0. The highest BCUT2D eigenvalue weighted by Crippen LogP contribution is 2.14. The van der Waals surface area contributed by atoms with E-state index in [1.54, 1.807) is 0 Å². The first-order valence-corrected chi connectivity index (χ1v) is 5.67. The smallest absolute Gasteiger partial charge is 0.292 e. The molecule has 0 radical (unpaired) electrons. The zero-order valence-electron chi connectivity index (χ0n) is 9.73. The van der Waals surface area contributed by atoms with Crippen molar-refractivity contribution in [3.63, 3.8) is 0 Å². The lowest BCUT2D eigenvalue weighted by Crippen LogP contribution is -2.56. The number of amides is 1. The van der Waals surface area contributed by atoms with Gasteiger partial charge in [-0.3, -0.25) is 4.79 Å². The number of rotatable bonds is 1. The molecule has 1 amide bonds. The monoisotopic (exact) mass is 226 g/mol. The van der Waals surface area contributed by atoms with Gasteiger partial charge in [-0.2, -0.15) is 0 Å². The van der Waals surface area contributed by atoms with E-state index in [-0.39, 0.29) is 11.9 Å². The summed E-state index contributed by atoms with van der Waals surface area (Å²) in [5.41, 5.74) is 0. The van der Waals surface area contributed by atoms with Gasteiger partial charge in [-0.05, 0) is 13.8 Å². The summed E-state index contributed by atoms with van der Waals surface area (Å²) in [4.78, 5) is 14.0. The summed E-state index contributed by atoms with van der Waals surface area (Å²) in [7, 11) is 0. The molecule has 0 aromatic heterocycles. The molecule has 2 aliphatic rings. The number of carbonyl (C=O) groups is 1. The highest BCUT2D eigenvalue weighted by atomic mass is 16.6. The van der Waals surface area contributed by atoms with Crippen LogP contribution in [0.3, 0.4) is 0 Å². The van der Waals surface area contributed by atoms with Crippen LogP contribution in [0.25, 0.3) is 0 Å². The standard InChI is InChI=1S/C11H18N2O3/c1-8-6-13(9(2)5-12-8)11(14)10-7-15-3-4-16-10/h7-9,12H,3-6H2,1-2H3. The number of nitrogens with one attached hydrogen (secondary N) is 1. The van der Waals surface area contributed by atoms with E-state index >= 15 is 0 Å². The maximum absolute atomic E-state index is 12.1. The lowest BCUT2D eigenvalue weighted by Gasteiger charge is -2.37. The van der Waals surface area contributed by atoms with Gasteiger partial charge < -0.3 is 19.7 Å². The van der Waals surface area contributed by atoms with Gasteiger partial charge in [-0.1, -0.05) is 0 Å². The molecule has 0 aromatic rings. The summed E-state index contributed by atoms with van der Waals surface area (Å²) < 4.78 is 10.4. The minimum Gasteiger partial charge on any atom is -0.494 e. The maximum Gasteiger partial charge on any atom is 0.292 e. The van der Waals surface area contributed by atoms with Crippen LogP contribution in [0.1, 0.15) is 13.8 Å². The fourth-order valence-electron chi connectivity index (χ4n) is 1.93. The summed E-state index contributed by atoms with van der Waals surface area (Å²) in [6, 6.07) is 0.514. The van der Waals surface area contributed by atoms with Crippen molar-refractivity contribution >= 4 is 5.91 Å². The summed E-state index contributed by atoms with van der Waals surface area (Å²) in [5.74, 6) is 0.257. The Morgan fingerprint density at radius 3 is 3.00 bits per heavy atom. The molecule has 0 bridgehead atoms. The van der Waals surface area contributed by atoms with Gasteiger partial charge in [0, 0.05) is 25.2 Å². The van der Waals surface area contributed by atoms with Gasteiger partial charge in [0.2, 0.25) is 5.76 Å². The molecule has 1 N–H and O–H groups in total. The quantitative estimate of drug-likeness (QED) is 0.688. The molecule has 1 fully saturated rings.